The van der Waals surface area contributed by atoms with E-state index in [-0.39, 0.29) is 0 Å². The second-order valence-electron chi connectivity index (χ2n) is 4.87. The van der Waals surface area contributed by atoms with Gasteiger partial charge in [0.2, 0.25) is 0 Å². The van der Waals surface area contributed by atoms with Crippen molar-refractivity contribution >= 4 is 12.2 Å². The van der Waals surface area contributed by atoms with Gasteiger partial charge in [0.1, 0.15) is 11.4 Å². The van der Waals surface area contributed by atoms with Crippen molar-refractivity contribution in [2.45, 2.75) is 6.92 Å². The van der Waals surface area contributed by atoms with Crippen molar-refractivity contribution < 1.29 is 4.74 Å². The number of aromatic nitrogens is 3. The zero-order valence-corrected chi connectivity index (χ0v) is 12.9. The Morgan fingerprint density at radius 2 is 1.57 bits per heavy atom. The second kappa shape index (κ2) is 7.31. The molecule has 0 fully saturated rings. The molecule has 0 aliphatic carbocycles. The molecule has 0 radical (unpaired) electrons. The Morgan fingerprint density at radius 3 is 2.26 bits per heavy atom. The Balaban J connectivity index is 2.00. The molecule has 4 heteroatoms. The highest BCUT2D eigenvalue weighted by Gasteiger charge is 2.09. The molecule has 0 atom stereocenters. The molecule has 2 aromatic carbocycles. The molecule has 114 valence electrons. The number of rotatable bonds is 5. The third-order valence-corrected chi connectivity index (χ3v) is 3.25. The van der Waals surface area contributed by atoms with E-state index in [1.54, 1.807) is 0 Å². The number of benzene rings is 2. The van der Waals surface area contributed by atoms with Crippen LogP contribution in [0.2, 0.25) is 0 Å². The summed E-state index contributed by atoms with van der Waals surface area (Å²) in [5.74, 6) is 0. The molecular formula is C19H17N3O. The molecule has 1 heterocycles. The fourth-order valence-corrected chi connectivity index (χ4v) is 2.17. The lowest BCUT2D eigenvalue weighted by atomic mass is 10.1. The summed E-state index contributed by atoms with van der Waals surface area (Å²) in [6.45, 7) is 2.41. The maximum absolute atomic E-state index is 5.38. The van der Waals surface area contributed by atoms with Gasteiger partial charge in [-0.2, -0.15) is 4.98 Å². The van der Waals surface area contributed by atoms with Crippen LogP contribution in [0.15, 0.2) is 60.7 Å². The van der Waals surface area contributed by atoms with Gasteiger partial charge in [-0.05, 0) is 18.6 Å². The van der Waals surface area contributed by atoms with Crippen LogP contribution in [0.3, 0.4) is 0 Å². The van der Waals surface area contributed by atoms with E-state index in [0.717, 1.165) is 16.8 Å². The monoisotopic (exact) mass is 303 g/mol. The number of hydrogen-bond acceptors (Lipinski definition) is 4. The quantitative estimate of drug-likeness (QED) is 0.711. The van der Waals surface area contributed by atoms with E-state index in [4.69, 9.17) is 4.74 Å². The van der Waals surface area contributed by atoms with Gasteiger partial charge in [0.05, 0.1) is 6.61 Å². The lowest BCUT2D eigenvalue weighted by molar-refractivity contribution is 0.308. The van der Waals surface area contributed by atoms with Crippen molar-refractivity contribution in [1.82, 2.24) is 15.2 Å². The van der Waals surface area contributed by atoms with Crippen LogP contribution in [0.5, 0.6) is 6.01 Å². The highest BCUT2D eigenvalue weighted by molar-refractivity contribution is 5.76. The van der Waals surface area contributed by atoms with E-state index in [9.17, 15) is 0 Å². The van der Waals surface area contributed by atoms with E-state index in [2.05, 4.69) is 15.2 Å². The van der Waals surface area contributed by atoms with Crippen LogP contribution in [0.4, 0.5) is 0 Å². The van der Waals surface area contributed by atoms with Gasteiger partial charge >= 0.3 is 6.01 Å². The third-order valence-electron chi connectivity index (χ3n) is 3.25. The molecule has 3 rings (SSSR count). The van der Waals surface area contributed by atoms with Gasteiger partial charge in [-0.1, -0.05) is 71.8 Å². The Labute approximate surface area is 135 Å². The summed E-state index contributed by atoms with van der Waals surface area (Å²) in [7, 11) is 0. The van der Waals surface area contributed by atoms with Crippen LogP contribution in [-0.2, 0) is 0 Å². The Morgan fingerprint density at radius 1 is 0.870 bits per heavy atom. The summed E-state index contributed by atoms with van der Waals surface area (Å²) in [6, 6.07) is 20.3. The maximum Gasteiger partial charge on any atom is 0.336 e. The molecule has 4 nitrogen and oxygen atoms in total. The van der Waals surface area contributed by atoms with Crippen molar-refractivity contribution in [1.29, 1.82) is 0 Å². The van der Waals surface area contributed by atoms with Crippen LogP contribution in [0.25, 0.3) is 23.4 Å². The first-order chi connectivity index (χ1) is 11.4. The molecule has 0 spiro atoms. The average Bonchev–Trinajstić information content (AvgIpc) is 2.62. The summed E-state index contributed by atoms with van der Waals surface area (Å²) in [6.07, 6.45) is 3.92. The van der Waals surface area contributed by atoms with Crippen molar-refractivity contribution in [3.63, 3.8) is 0 Å². The molecule has 1 aromatic heterocycles. The zero-order chi connectivity index (χ0) is 15.9. The number of ether oxygens (including phenoxy) is 1. The van der Waals surface area contributed by atoms with Crippen LogP contribution < -0.4 is 4.74 Å². The Hall–Kier alpha value is -3.01. The molecule has 0 aliphatic rings. The van der Waals surface area contributed by atoms with Gasteiger partial charge in [0.15, 0.2) is 0 Å². The molecular weight excluding hydrogens is 286 g/mol. The minimum absolute atomic E-state index is 0.295. The number of nitrogens with zero attached hydrogens (tertiary/aromatic N) is 3. The van der Waals surface area contributed by atoms with E-state index in [0.29, 0.717) is 18.3 Å². The van der Waals surface area contributed by atoms with Crippen LogP contribution in [-0.4, -0.2) is 21.8 Å². The van der Waals surface area contributed by atoms with Crippen molar-refractivity contribution in [3.8, 4) is 17.3 Å². The van der Waals surface area contributed by atoms with Crippen LogP contribution in [0.1, 0.15) is 18.2 Å². The lowest BCUT2D eigenvalue weighted by Gasteiger charge is -2.06. The molecule has 0 aliphatic heterocycles. The smallest absolute Gasteiger partial charge is 0.336 e. The molecule has 0 amide bonds. The van der Waals surface area contributed by atoms with E-state index >= 15 is 0 Å². The number of hydrogen-bond donors (Lipinski definition) is 0. The summed E-state index contributed by atoms with van der Waals surface area (Å²) in [5.41, 5.74) is 3.55. The van der Waals surface area contributed by atoms with E-state index in [1.807, 2.05) is 79.7 Å². The van der Waals surface area contributed by atoms with Crippen LogP contribution in [0, 0.1) is 0 Å². The van der Waals surface area contributed by atoms with E-state index in [1.165, 1.54) is 0 Å². The molecule has 0 bridgehead atoms. The van der Waals surface area contributed by atoms with Gasteiger partial charge in [0, 0.05) is 5.56 Å². The lowest BCUT2D eigenvalue weighted by Crippen LogP contribution is -2.03. The second-order valence-corrected chi connectivity index (χ2v) is 4.87. The molecule has 3 aromatic rings. The van der Waals surface area contributed by atoms with Gasteiger partial charge < -0.3 is 4.74 Å². The standard InChI is InChI=1S/C19H17N3O/c1-2-23-19-20-18(16-11-7-4-8-12-16)17(21-22-19)14-13-15-9-5-3-6-10-15/h3-14H,2H2,1H3/b14-13+. The SMILES string of the molecule is CCOc1nnc(/C=C/c2ccccc2)c(-c2ccccc2)n1. The van der Waals surface area contributed by atoms with Gasteiger partial charge in [-0.25, -0.2) is 0 Å². The molecule has 0 N–H and O–H groups in total. The van der Waals surface area contributed by atoms with Gasteiger partial charge in [-0.15, -0.1) is 5.10 Å². The molecule has 23 heavy (non-hydrogen) atoms. The van der Waals surface area contributed by atoms with Crippen LogP contribution >= 0.6 is 0 Å². The first-order valence-corrected chi connectivity index (χ1v) is 7.53. The third kappa shape index (κ3) is 3.80. The fourth-order valence-electron chi connectivity index (χ4n) is 2.17. The minimum Gasteiger partial charge on any atom is -0.463 e. The van der Waals surface area contributed by atoms with Crippen molar-refractivity contribution in [2.75, 3.05) is 6.61 Å². The first kappa shape index (κ1) is 14.9. The molecule has 0 unspecified atom stereocenters. The van der Waals surface area contributed by atoms with E-state index < -0.39 is 0 Å². The summed E-state index contributed by atoms with van der Waals surface area (Å²) in [5, 5.41) is 8.30. The Bertz CT molecular complexity index is 786. The summed E-state index contributed by atoms with van der Waals surface area (Å²) < 4.78 is 5.38. The summed E-state index contributed by atoms with van der Waals surface area (Å²) >= 11 is 0. The largest absolute Gasteiger partial charge is 0.463 e. The van der Waals surface area contributed by atoms with Crippen molar-refractivity contribution in [3.05, 3.63) is 71.9 Å². The maximum atomic E-state index is 5.38. The normalized spacial score (nSPS) is 10.8. The van der Waals surface area contributed by atoms with Gasteiger partial charge in [-0.3, -0.25) is 0 Å². The minimum atomic E-state index is 0.295. The topological polar surface area (TPSA) is 47.9 Å². The summed E-state index contributed by atoms with van der Waals surface area (Å²) in [4.78, 5) is 4.50. The zero-order valence-electron chi connectivity index (χ0n) is 12.9. The predicted molar refractivity (Wildman–Crippen MR) is 91.8 cm³/mol. The first-order valence-electron chi connectivity index (χ1n) is 7.53. The molecule has 0 saturated carbocycles. The highest BCUT2D eigenvalue weighted by Crippen LogP contribution is 2.22. The highest BCUT2D eigenvalue weighted by atomic mass is 16.5. The molecule has 0 saturated heterocycles. The predicted octanol–water partition coefficient (Wildman–Crippen LogP) is 4.11. The van der Waals surface area contributed by atoms with Gasteiger partial charge in [0.25, 0.3) is 0 Å². The fraction of sp³-hybridized carbons (Fsp3) is 0.105. The van der Waals surface area contributed by atoms with Crippen molar-refractivity contribution in [2.24, 2.45) is 0 Å². The Kier molecular flexibility index (Phi) is 4.74. The average molecular weight is 303 g/mol.